The lowest BCUT2D eigenvalue weighted by molar-refractivity contribution is -0.128. The number of carbonyl (C=O) groups excluding carboxylic acids is 1. The fourth-order valence-corrected chi connectivity index (χ4v) is 2.81. The number of fused-ring (bicyclic) bond motifs is 1. The second kappa shape index (κ2) is 6.61. The van der Waals surface area contributed by atoms with E-state index in [1.807, 2.05) is 28.8 Å². The Labute approximate surface area is 144 Å². The Balaban J connectivity index is 2.09. The summed E-state index contributed by atoms with van der Waals surface area (Å²) in [6, 6.07) is 12.3. The molecule has 4 nitrogen and oxygen atoms in total. The van der Waals surface area contributed by atoms with Gasteiger partial charge in [0.15, 0.2) is 0 Å². The minimum atomic E-state index is -0.355. The van der Waals surface area contributed by atoms with Gasteiger partial charge >= 0.3 is 0 Å². The molecule has 0 radical (unpaired) electrons. The molecule has 3 aromatic rings. The highest BCUT2D eigenvalue weighted by molar-refractivity contribution is 6.31. The van der Waals surface area contributed by atoms with Crippen LogP contribution in [-0.2, 0) is 17.9 Å². The van der Waals surface area contributed by atoms with Crippen molar-refractivity contribution in [2.75, 3.05) is 7.05 Å². The largest absolute Gasteiger partial charge is 0.339 e. The van der Waals surface area contributed by atoms with Gasteiger partial charge in [-0.1, -0.05) is 29.8 Å². The minimum absolute atomic E-state index is 0.0578. The number of amides is 1. The van der Waals surface area contributed by atoms with Gasteiger partial charge in [0.1, 0.15) is 11.6 Å². The predicted octanol–water partition coefficient (Wildman–Crippen LogP) is 3.86. The van der Waals surface area contributed by atoms with E-state index in [-0.39, 0.29) is 18.3 Å². The van der Waals surface area contributed by atoms with E-state index < -0.39 is 0 Å². The second-order valence-electron chi connectivity index (χ2n) is 5.68. The molecule has 6 heteroatoms. The Morgan fingerprint density at radius 1 is 1.25 bits per heavy atom. The van der Waals surface area contributed by atoms with E-state index >= 15 is 0 Å². The van der Waals surface area contributed by atoms with Crippen molar-refractivity contribution in [2.24, 2.45) is 0 Å². The van der Waals surface area contributed by atoms with E-state index in [1.54, 1.807) is 24.1 Å². The zero-order chi connectivity index (χ0) is 17.3. The van der Waals surface area contributed by atoms with E-state index in [0.717, 1.165) is 11.0 Å². The number of benzene rings is 2. The number of aromatic nitrogens is 2. The highest BCUT2D eigenvalue weighted by Gasteiger charge is 2.16. The number of hydrogen-bond donors (Lipinski definition) is 0. The van der Waals surface area contributed by atoms with Gasteiger partial charge < -0.3 is 9.47 Å². The lowest BCUT2D eigenvalue weighted by Gasteiger charge is -2.16. The van der Waals surface area contributed by atoms with Gasteiger partial charge in [-0.3, -0.25) is 4.79 Å². The molecular weight excluding hydrogens is 329 g/mol. The van der Waals surface area contributed by atoms with Gasteiger partial charge in [0.25, 0.3) is 0 Å². The van der Waals surface area contributed by atoms with E-state index in [0.29, 0.717) is 23.0 Å². The van der Waals surface area contributed by atoms with Crippen LogP contribution in [0.25, 0.3) is 11.0 Å². The molecule has 0 unspecified atom stereocenters. The summed E-state index contributed by atoms with van der Waals surface area (Å²) in [5, 5.41) is 0.374. The van der Waals surface area contributed by atoms with Crippen LogP contribution < -0.4 is 0 Å². The molecule has 1 heterocycles. The Morgan fingerprint density at radius 3 is 2.71 bits per heavy atom. The fraction of sp³-hybridized carbons (Fsp3) is 0.222. The summed E-state index contributed by atoms with van der Waals surface area (Å²) >= 11 is 6.17. The van der Waals surface area contributed by atoms with Gasteiger partial charge in [0.05, 0.1) is 24.1 Å². The van der Waals surface area contributed by atoms with Gasteiger partial charge in [-0.15, -0.1) is 0 Å². The third-order valence-electron chi connectivity index (χ3n) is 4.03. The molecule has 1 amide bonds. The number of imidazole rings is 1. The maximum Gasteiger partial charge on any atom is 0.219 e. The quantitative estimate of drug-likeness (QED) is 0.720. The SMILES string of the molecule is CC(=O)N(C)Cc1nc2ccccc2n1Cc1c(F)cccc1Cl. The first kappa shape index (κ1) is 16.5. The summed E-state index contributed by atoms with van der Waals surface area (Å²) in [5.41, 5.74) is 2.09. The first-order valence-corrected chi connectivity index (χ1v) is 7.94. The smallest absolute Gasteiger partial charge is 0.219 e. The summed E-state index contributed by atoms with van der Waals surface area (Å²) in [6.45, 7) is 2.10. The van der Waals surface area contributed by atoms with Crippen LogP contribution in [0.2, 0.25) is 5.02 Å². The van der Waals surface area contributed by atoms with Crippen molar-refractivity contribution < 1.29 is 9.18 Å². The van der Waals surface area contributed by atoms with Crippen molar-refractivity contribution in [3.05, 3.63) is 64.7 Å². The molecule has 0 spiro atoms. The lowest BCUT2D eigenvalue weighted by Crippen LogP contribution is -2.25. The minimum Gasteiger partial charge on any atom is -0.339 e. The topological polar surface area (TPSA) is 38.1 Å². The third-order valence-corrected chi connectivity index (χ3v) is 4.38. The maximum absolute atomic E-state index is 14.2. The fourth-order valence-electron chi connectivity index (χ4n) is 2.59. The van der Waals surface area contributed by atoms with Gasteiger partial charge in [-0.05, 0) is 24.3 Å². The van der Waals surface area contributed by atoms with Crippen LogP contribution in [0.15, 0.2) is 42.5 Å². The molecule has 0 aliphatic heterocycles. The van der Waals surface area contributed by atoms with Crippen LogP contribution in [0.1, 0.15) is 18.3 Å². The molecule has 2 aromatic carbocycles. The average molecular weight is 346 g/mol. The number of para-hydroxylation sites is 2. The second-order valence-corrected chi connectivity index (χ2v) is 6.09. The third kappa shape index (κ3) is 3.12. The molecular formula is C18H17ClFN3O. The summed E-state index contributed by atoms with van der Waals surface area (Å²) in [4.78, 5) is 17.7. The Bertz CT molecular complexity index is 886. The Hall–Kier alpha value is -2.40. The number of rotatable bonds is 4. The van der Waals surface area contributed by atoms with Crippen molar-refractivity contribution in [1.82, 2.24) is 14.5 Å². The first-order valence-electron chi connectivity index (χ1n) is 7.56. The molecule has 0 aliphatic rings. The van der Waals surface area contributed by atoms with Crippen LogP contribution in [0.5, 0.6) is 0 Å². The molecule has 0 fully saturated rings. The molecule has 0 N–H and O–H groups in total. The van der Waals surface area contributed by atoms with Crippen molar-refractivity contribution in [2.45, 2.75) is 20.0 Å². The molecule has 0 bridgehead atoms. The number of nitrogens with zero attached hydrogens (tertiary/aromatic N) is 3. The Morgan fingerprint density at radius 2 is 2.00 bits per heavy atom. The summed E-state index contributed by atoms with van der Waals surface area (Å²) in [5.74, 6) is 0.275. The van der Waals surface area contributed by atoms with Gasteiger partial charge in [0.2, 0.25) is 5.91 Å². The number of halogens is 2. The van der Waals surface area contributed by atoms with Crippen LogP contribution in [0.3, 0.4) is 0 Å². The van der Waals surface area contributed by atoms with Gasteiger partial charge in [-0.2, -0.15) is 0 Å². The molecule has 0 saturated heterocycles. The molecule has 0 atom stereocenters. The monoisotopic (exact) mass is 345 g/mol. The first-order chi connectivity index (χ1) is 11.5. The number of carbonyl (C=O) groups is 1. The highest BCUT2D eigenvalue weighted by atomic mass is 35.5. The van der Waals surface area contributed by atoms with Crippen molar-refractivity contribution in [3.63, 3.8) is 0 Å². The summed E-state index contributed by atoms with van der Waals surface area (Å²) in [7, 11) is 1.71. The molecule has 3 rings (SSSR count). The molecule has 0 saturated carbocycles. The van der Waals surface area contributed by atoms with Gasteiger partial charge in [-0.25, -0.2) is 9.37 Å². The maximum atomic E-state index is 14.2. The van der Waals surface area contributed by atoms with E-state index in [2.05, 4.69) is 4.98 Å². The van der Waals surface area contributed by atoms with Crippen molar-refractivity contribution >= 4 is 28.5 Å². The zero-order valence-electron chi connectivity index (χ0n) is 13.5. The summed E-state index contributed by atoms with van der Waals surface area (Å²) < 4.78 is 16.1. The lowest BCUT2D eigenvalue weighted by atomic mass is 10.2. The number of hydrogen-bond acceptors (Lipinski definition) is 2. The van der Waals surface area contributed by atoms with Crippen LogP contribution >= 0.6 is 11.6 Å². The van der Waals surface area contributed by atoms with E-state index in [1.165, 1.54) is 13.0 Å². The Kier molecular flexibility index (Phi) is 4.53. The van der Waals surface area contributed by atoms with Gasteiger partial charge in [0, 0.05) is 24.6 Å². The highest BCUT2D eigenvalue weighted by Crippen LogP contribution is 2.24. The standard InChI is InChI=1S/C18H17ClFN3O/c1-12(24)22(2)11-18-21-16-8-3-4-9-17(16)23(18)10-13-14(19)6-5-7-15(13)20/h3-9H,10-11H2,1-2H3. The molecule has 124 valence electrons. The van der Waals surface area contributed by atoms with Crippen molar-refractivity contribution in [1.29, 1.82) is 0 Å². The van der Waals surface area contributed by atoms with Crippen molar-refractivity contribution in [3.8, 4) is 0 Å². The molecule has 24 heavy (non-hydrogen) atoms. The molecule has 0 aliphatic carbocycles. The predicted molar refractivity (Wildman–Crippen MR) is 92.4 cm³/mol. The summed E-state index contributed by atoms with van der Waals surface area (Å²) in [6.07, 6.45) is 0. The van der Waals surface area contributed by atoms with Crippen LogP contribution in [-0.4, -0.2) is 27.4 Å². The van der Waals surface area contributed by atoms with Crippen LogP contribution in [0, 0.1) is 5.82 Å². The van der Waals surface area contributed by atoms with E-state index in [4.69, 9.17) is 11.6 Å². The normalized spacial score (nSPS) is 11.0. The zero-order valence-corrected chi connectivity index (χ0v) is 14.2. The average Bonchev–Trinajstić information content (AvgIpc) is 2.88. The van der Waals surface area contributed by atoms with Crippen LogP contribution in [0.4, 0.5) is 4.39 Å². The molecule has 1 aromatic heterocycles. The van der Waals surface area contributed by atoms with E-state index in [9.17, 15) is 9.18 Å².